The molecule has 3 rings (SSSR count). The molecule has 146 valence electrons. The Morgan fingerprint density at radius 3 is 2.89 bits per heavy atom. The average molecular weight is 398 g/mol. The van der Waals surface area contributed by atoms with Crippen LogP contribution < -0.4 is 15.4 Å². The summed E-state index contributed by atoms with van der Waals surface area (Å²) in [7, 11) is 1.65. The third kappa shape index (κ3) is 6.31. The van der Waals surface area contributed by atoms with Crippen LogP contribution in [0.25, 0.3) is 0 Å². The molecule has 0 bridgehead atoms. The van der Waals surface area contributed by atoms with E-state index in [1.807, 2.05) is 41.1 Å². The number of methoxy groups -OCH3 is 1. The van der Waals surface area contributed by atoms with Gasteiger partial charge in [-0.15, -0.1) is 0 Å². The van der Waals surface area contributed by atoms with Crippen molar-refractivity contribution >= 4 is 23.6 Å². The number of ether oxygens (including phenoxy) is 1. The molecule has 0 aliphatic rings. The summed E-state index contributed by atoms with van der Waals surface area (Å²) in [5.74, 6) is 1.34. The molecule has 2 amide bonds. The minimum absolute atomic E-state index is 0.247. The van der Waals surface area contributed by atoms with Gasteiger partial charge in [-0.05, 0) is 43.2 Å². The van der Waals surface area contributed by atoms with Crippen molar-refractivity contribution in [2.75, 3.05) is 19.0 Å². The van der Waals surface area contributed by atoms with E-state index in [0.717, 1.165) is 34.9 Å². The molecule has 0 saturated carbocycles. The second kappa shape index (κ2) is 10.4. The summed E-state index contributed by atoms with van der Waals surface area (Å²) in [6.45, 7) is 1.52. The molecule has 8 heteroatoms. The maximum Gasteiger partial charge on any atom is 0.320 e. The van der Waals surface area contributed by atoms with Crippen LogP contribution in [0.4, 0.5) is 10.6 Å². The molecule has 2 N–H and O–H groups in total. The van der Waals surface area contributed by atoms with E-state index in [-0.39, 0.29) is 6.03 Å². The number of carbonyl (C=O) groups is 1. The molecule has 7 nitrogen and oxygen atoms in total. The number of aromatic nitrogens is 3. The summed E-state index contributed by atoms with van der Waals surface area (Å²) in [5.41, 5.74) is 0. The molecule has 0 fully saturated rings. The number of nitrogens with zero attached hydrogens (tertiary/aromatic N) is 3. The van der Waals surface area contributed by atoms with Crippen molar-refractivity contribution in [3.8, 4) is 5.75 Å². The minimum Gasteiger partial charge on any atom is -0.497 e. The zero-order valence-corrected chi connectivity index (χ0v) is 16.5. The number of pyridine rings is 1. The predicted molar refractivity (Wildman–Crippen MR) is 110 cm³/mol. The highest BCUT2D eigenvalue weighted by Gasteiger charge is 2.04. The number of carbonyl (C=O) groups excluding carboxylic acids is 1. The molecule has 0 radical (unpaired) electrons. The van der Waals surface area contributed by atoms with Gasteiger partial charge in [-0.3, -0.25) is 5.32 Å². The fraction of sp³-hybridized carbons (Fsp3) is 0.250. The lowest BCUT2D eigenvalue weighted by atomic mass is 10.3. The molecule has 0 atom stereocenters. The Balaban J connectivity index is 1.38. The van der Waals surface area contributed by atoms with Gasteiger partial charge in [0.15, 0.2) is 0 Å². The molecule has 28 heavy (non-hydrogen) atoms. The zero-order valence-electron chi connectivity index (χ0n) is 15.7. The lowest BCUT2D eigenvalue weighted by Gasteiger charge is -2.08. The number of urea groups is 1. The Morgan fingerprint density at radius 1 is 1.21 bits per heavy atom. The van der Waals surface area contributed by atoms with Crippen molar-refractivity contribution in [3.05, 3.63) is 61.3 Å². The summed E-state index contributed by atoms with van der Waals surface area (Å²) in [6.07, 6.45) is 9.11. The lowest BCUT2D eigenvalue weighted by molar-refractivity contribution is 0.251. The Kier molecular flexibility index (Phi) is 7.31. The van der Waals surface area contributed by atoms with Crippen LogP contribution in [0, 0.1) is 0 Å². The first-order chi connectivity index (χ1) is 13.7. The lowest BCUT2D eigenvalue weighted by Crippen LogP contribution is -2.29. The number of unbranched alkanes of at least 4 members (excludes halogenated alkanes) is 1. The number of benzene rings is 1. The molecule has 3 aromatic rings. The molecule has 0 aliphatic carbocycles. The predicted octanol–water partition coefficient (Wildman–Crippen LogP) is 4.04. The fourth-order valence-electron chi connectivity index (χ4n) is 2.52. The van der Waals surface area contributed by atoms with Gasteiger partial charge in [0, 0.05) is 41.5 Å². The Morgan fingerprint density at radius 2 is 2.14 bits per heavy atom. The van der Waals surface area contributed by atoms with Crippen LogP contribution >= 0.6 is 11.8 Å². The summed E-state index contributed by atoms with van der Waals surface area (Å²) in [4.78, 5) is 22.3. The molecule has 2 aromatic heterocycles. The first-order valence-electron chi connectivity index (χ1n) is 9.01. The van der Waals surface area contributed by atoms with E-state index in [2.05, 4.69) is 20.6 Å². The van der Waals surface area contributed by atoms with Crippen LogP contribution in [0.3, 0.4) is 0 Å². The van der Waals surface area contributed by atoms with Crippen LogP contribution in [0.5, 0.6) is 5.75 Å². The smallest absolute Gasteiger partial charge is 0.320 e. The van der Waals surface area contributed by atoms with Crippen molar-refractivity contribution in [2.24, 2.45) is 0 Å². The number of anilines is 1. The fourth-order valence-corrected chi connectivity index (χ4v) is 3.35. The van der Waals surface area contributed by atoms with Crippen molar-refractivity contribution in [1.29, 1.82) is 0 Å². The number of hydrogen-bond donors (Lipinski definition) is 2. The van der Waals surface area contributed by atoms with E-state index in [1.54, 1.807) is 43.7 Å². The van der Waals surface area contributed by atoms with Crippen molar-refractivity contribution in [1.82, 2.24) is 19.9 Å². The van der Waals surface area contributed by atoms with Crippen LogP contribution in [0.2, 0.25) is 0 Å². The minimum atomic E-state index is -0.247. The van der Waals surface area contributed by atoms with Gasteiger partial charge >= 0.3 is 6.03 Å². The Hall–Kier alpha value is -3.00. The van der Waals surface area contributed by atoms with E-state index in [0.29, 0.717) is 12.4 Å². The van der Waals surface area contributed by atoms with Gasteiger partial charge in [0.05, 0.1) is 13.4 Å². The van der Waals surface area contributed by atoms with Crippen LogP contribution in [0.1, 0.15) is 12.8 Å². The third-order valence-corrected chi connectivity index (χ3v) is 4.91. The van der Waals surface area contributed by atoms with Crippen molar-refractivity contribution in [3.63, 3.8) is 0 Å². The first kappa shape index (κ1) is 19.8. The van der Waals surface area contributed by atoms with Crippen LogP contribution in [-0.4, -0.2) is 34.2 Å². The summed E-state index contributed by atoms with van der Waals surface area (Å²) in [6, 6.07) is 11.3. The van der Waals surface area contributed by atoms with E-state index < -0.39 is 0 Å². The highest BCUT2D eigenvalue weighted by Crippen LogP contribution is 2.29. The molecule has 0 unspecified atom stereocenters. The topological polar surface area (TPSA) is 81.1 Å². The number of hydrogen-bond acceptors (Lipinski definition) is 5. The SMILES string of the molecule is COc1cccc(Sc2ccc(NC(=O)NCCCCn3ccnc3)nc2)c1. The number of amides is 2. The second-order valence-corrected chi connectivity index (χ2v) is 7.20. The zero-order chi connectivity index (χ0) is 19.6. The first-order valence-corrected chi connectivity index (χ1v) is 9.83. The molecular weight excluding hydrogens is 374 g/mol. The van der Waals surface area contributed by atoms with E-state index in [1.165, 1.54) is 0 Å². The standard InChI is InChI=1S/C20H23N5O2S/c1-27-16-5-4-6-17(13-16)28-18-7-8-19(23-14-18)24-20(26)22-9-2-3-11-25-12-10-21-15-25/h4-8,10,12-15H,2-3,9,11H2,1H3,(H2,22,23,24,26). The normalized spacial score (nSPS) is 10.5. The largest absolute Gasteiger partial charge is 0.497 e. The maximum absolute atomic E-state index is 12.0. The molecular formula is C20H23N5O2S. The summed E-state index contributed by atoms with van der Waals surface area (Å²) < 4.78 is 7.26. The highest BCUT2D eigenvalue weighted by atomic mass is 32.2. The van der Waals surface area contributed by atoms with Crippen molar-refractivity contribution in [2.45, 2.75) is 29.2 Å². The molecule has 2 heterocycles. The summed E-state index contributed by atoms with van der Waals surface area (Å²) >= 11 is 1.59. The Bertz CT molecular complexity index is 869. The number of imidazole rings is 1. The van der Waals surface area contributed by atoms with Gasteiger partial charge in [0.1, 0.15) is 11.6 Å². The number of rotatable bonds is 9. The monoisotopic (exact) mass is 397 g/mol. The van der Waals surface area contributed by atoms with Crippen LogP contribution in [0.15, 0.2) is 71.1 Å². The summed E-state index contributed by atoms with van der Waals surface area (Å²) in [5, 5.41) is 5.59. The van der Waals surface area contributed by atoms with E-state index >= 15 is 0 Å². The van der Waals surface area contributed by atoms with Gasteiger partial charge in [0.2, 0.25) is 0 Å². The molecule has 1 aromatic carbocycles. The average Bonchev–Trinajstić information content (AvgIpc) is 3.23. The van der Waals surface area contributed by atoms with E-state index in [9.17, 15) is 4.79 Å². The molecule has 0 saturated heterocycles. The third-order valence-electron chi connectivity index (χ3n) is 3.94. The Labute approximate surface area is 168 Å². The van der Waals surface area contributed by atoms with Crippen molar-refractivity contribution < 1.29 is 9.53 Å². The highest BCUT2D eigenvalue weighted by molar-refractivity contribution is 7.99. The van der Waals surface area contributed by atoms with Crippen LogP contribution in [-0.2, 0) is 6.54 Å². The quantitative estimate of drug-likeness (QED) is 0.533. The number of nitrogens with one attached hydrogen (secondary N) is 2. The van der Waals surface area contributed by atoms with Gasteiger partial charge < -0.3 is 14.6 Å². The van der Waals surface area contributed by atoms with Gasteiger partial charge in [-0.25, -0.2) is 14.8 Å². The van der Waals surface area contributed by atoms with Gasteiger partial charge in [0.25, 0.3) is 0 Å². The molecule has 0 aliphatic heterocycles. The maximum atomic E-state index is 12.0. The second-order valence-electron chi connectivity index (χ2n) is 6.05. The van der Waals surface area contributed by atoms with Gasteiger partial charge in [-0.2, -0.15) is 0 Å². The molecule has 0 spiro atoms. The van der Waals surface area contributed by atoms with E-state index in [4.69, 9.17) is 4.74 Å². The van der Waals surface area contributed by atoms with Gasteiger partial charge in [-0.1, -0.05) is 17.8 Å². The number of aryl methyl sites for hydroxylation is 1.